The van der Waals surface area contributed by atoms with Crippen molar-refractivity contribution in [3.63, 3.8) is 0 Å². The highest BCUT2D eigenvalue weighted by molar-refractivity contribution is 7.89. The number of carbonyl (C=O) groups excluding carboxylic acids is 1. The molecule has 3 rings (SSSR count). The predicted octanol–water partition coefficient (Wildman–Crippen LogP) is 0.824. The van der Waals surface area contributed by atoms with Crippen LogP contribution in [-0.2, 0) is 10.0 Å². The molecule has 26 heavy (non-hydrogen) atoms. The number of rotatable bonds is 6. The molecule has 142 valence electrons. The maximum absolute atomic E-state index is 12.4. The first kappa shape index (κ1) is 19.0. The first-order valence-corrected chi connectivity index (χ1v) is 10.8. The van der Waals surface area contributed by atoms with Gasteiger partial charge in [-0.3, -0.25) is 14.8 Å². The number of H-pyrrole nitrogens is 1. The number of nitrogens with zero attached hydrogens (tertiary/aromatic N) is 3. The van der Waals surface area contributed by atoms with Crippen molar-refractivity contribution < 1.29 is 13.2 Å². The fourth-order valence-corrected chi connectivity index (χ4v) is 5.16. The summed E-state index contributed by atoms with van der Waals surface area (Å²) in [6, 6.07) is 3.72. The van der Waals surface area contributed by atoms with Crippen LogP contribution in [0.5, 0.6) is 0 Å². The summed E-state index contributed by atoms with van der Waals surface area (Å²) in [5.41, 5.74) is 1.01. The number of hydrogen-bond donors (Lipinski definition) is 2. The van der Waals surface area contributed by atoms with Gasteiger partial charge >= 0.3 is 0 Å². The molecule has 0 aromatic carbocycles. The maximum Gasteiger partial charge on any atom is 0.264 e. The Morgan fingerprint density at radius 2 is 2.04 bits per heavy atom. The van der Waals surface area contributed by atoms with E-state index in [9.17, 15) is 13.2 Å². The summed E-state index contributed by atoms with van der Waals surface area (Å²) in [4.78, 5) is 17.3. The van der Waals surface area contributed by atoms with Crippen LogP contribution in [-0.4, -0.2) is 73.6 Å². The van der Waals surface area contributed by atoms with E-state index in [1.165, 1.54) is 11.3 Å². The zero-order chi connectivity index (χ0) is 18.7. The standard InChI is InChI=1S/C16H23N5O3S2/c1-12-15(13(2)19-18-12)26(23,24)17-5-6-20-7-9-21(10-8-20)16(22)14-4-3-11-25-14/h3-4,11,17H,5-10H2,1-2H3,(H,18,19). The Morgan fingerprint density at radius 1 is 1.31 bits per heavy atom. The number of aryl methyl sites for hydroxylation is 2. The minimum Gasteiger partial charge on any atom is -0.335 e. The van der Waals surface area contributed by atoms with E-state index in [1.54, 1.807) is 13.8 Å². The van der Waals surface area contributed by atoms with Gasteiger partial charge in [0.2, 0.25) is 10.0 Å². The van der Waals surface area contributed by atoms with Crippen LogP contribution in [0.15, 0.2) is 22.4 Å². The number of sulfonamides is 1. The van der Waals surface area contributed by atoms with Crippen LogP contribution in [0, 0.1) is 13.8 Å². The van der Waals surface area contributed by atoms with Gasteiger partial charge < -0.3 is 4.90 Å². The van der Waals surface area contributed by atoms with Crippen LogP contribution in [0.25, 0.3) is 0 Å². The van der Waals surface area contributed by atoms with E-state index >= 15 is 0 Å². The maximum atomic E-state index is 12.4. The monoisotopic (exact) mass is 397 g/mol. The van der Waals surface area contributed by atoms with Crippen molar-refractivity contribution in [3.05, 3.63) is 33.8 Å². The second kappa shape index (κ2) is 7.87. The second-order valence-electron chi connectivity index (χ2n) is 6.27. The van der Waals surface area contributed by atoms with Gasteiger partial charge in [-0.25, -0.2) is 13.1 Å². The minimum atomic E-state index is -3.57. The summed E-state index contributed by atoms with van der Waals surface area (Å²) in [6.07, 6.45) is 0. The number of thiophene rings is 1. The van der Waals surface area contributed by atoms with Crippen molar-refractivity contribution in [1.29, 1.82) is 0 Å². The van der Waals surface area contributed by atoms with Crippen LogP contribution in [0.2, 0.25) is 0 Å². The summed E-state index contributed by atoms with van der Waals surface area (Å²) in [6.45, 7) is 7.08. The third-order valence-corrected chi connectivity index (χ3v) is 7.02. The van der Waals surface area contributed by atoms with E-state index in [-0.39, 0.29) is 10.8 Å². The quantitative estimate of drug-likeness (QED) is 0.752. The predicted molar refractivity (Wildman–Crippen MR) is 99.9 cm³/mol. The van der Waals surface area contributed by atoms with Gasteiger partial charge in [-0.2, -0.15) is 5.10 Å². The van der Waals surface area contributed by atoms with Crippen LogP contribution in [0.4, 0.5) is 0 Å². The number of piperazine rings is 1. The molecule has 1 amide bonds. The number of amides is 1. The molecule has 1 aliphatic rings. The average molecular weight is 398 g/mol. The van der Waals surface area contributed by atoms with Gasteiger partial charge in [-0.15, -0.1) is 11.3 Å². The summed E-state index contributed by atoms with van der Waals surface area (Å²) in [5, 5.41) is 8.53. The molecule has 0 atom stereocenters. The van der Waals surface area contributed by atoms with Crippen LogP contribution in [0.3, 0.4) is 0 Å². The van der Waals surface area contributed by atoms with Crippen LogP contribution < -0.4 is 4.72 Å². The van der Waals surface area contributed by atoms with Gasteiger partial charge in [0.15, 0.2) is 0 Å². The first-order valence-electron chi connectivity index (χ1n) is 8.45. The number of hydrogen-bond acceptors (Lipinski definition) is 6. The Kier molecular flexibility index (Phi) is 5.76. The summed E-state index contributed by atoms with van der Waals surface area (Å²) < 4.78 is 27.5. The van der Waals surface area contributed by atoms with Crippen molar-refractivity contribution in [2.45, 2.75) is 18.7 Å². The van der Waals surface area contributed by atoms with E-state index in [2.05, 4.69) is 19.8 Å². The molecule has 1 fully saturated rings. The second-order valence-corrected chi connectivity index (χ2v) is 8.92. The Morgan fingerprint density at radius 3 is 2.62 bits per heavy atom. The number of carbonyl (C=O) groups is 1. The number of aromatic amines is 1. The Labute approximate surface area is 157 Å². The van der Waals surface area contributed by atoms with Gasteiger partial charge in [-0.1, -0.05) is 6.07 Å². The average Bonchev–Trinajstić information content (AvgIpc) is 3.25. The fraction of sp³-hybridized carbons (Fsp3) is 0.500. The van der Waals surface area contributed by atoms with Gasteiger partial charge in [0, 0.05) is 39.3 Å². The Hall–Kier alpha value is -1.75. The number of aromatic nitrogens is 2. The molecule has 0 saturated carbocycles. The molecule has 8 nitrogen and oxygen atoms in total. The van der Waals surface area contributed by atoms with Gasteiger partial charge in [0.1, 0.15) is 4.90 Å². The van der Waals surface area contributed by atoms with Crippen LogP contribution in [0.1, 0.15) is 21.1 Å². The molecule has 1 aliphatic heterocycles. The van der Waals surface area contributed by atoms with Crippen molar-refractivity contribution in [1.82, 2.24) is 24.7 Å². The highest BCUT2D eigenvalue weighted by atomic mass is 32.2. The Bertz CT molecular complexity index is 833. The van der Waals surface area contributed by atoms with E-state index < -0.39 is 10.0 Å². The van der Waals surface area contributed by atoms with E-state index in [4.69, 9.17) is 0 Å². The molecule has 2 aromatic heterocycles. The highest BCUT2D eigenvalue weighted by Gasteiger charge is 2.24. The highest BCUT2D eigenvalue weighted by Crippen LogP contribution is 2.16. The lowest BCUT2D eigenvalue weighted by atomic mass is 10.3. The Balaban J connectivity index is 1.46. The molecule has 0 spiro atoms. The molecule has 1 saturated heterocycles. The SMILES string of the molecule is Cc1n[nH]c(C)c1S(=O)(=O)NCCN1CCN(C(=O)c2cccs2)CC1. The summed E-state index contributed by atoms with van der Waals surface area (Å²) in [5.74, 6) is 0.0752. The summed E-state index contributed by atoms with van der Waals surface area (Å²) >= 11 is 1.45. The molecule has 2 aromatic rings. The minimum absolute atomic E-state index is 0.0752. The summed E-state index contributed by atoms with van der Waals surface area (Å²) in [7, 11) is -3.57. The molecule has 2 N–H and O–H groups in total. The number of nitrogens with one attached hydrogen (secondary N) is 2. The fourth-order valence-electron chi connectivity index (χ4n) is 3.08. The largest absolute Gasteiger partial charge is 0.335 e. The topological polar surface area (TPSA) is 98.4 Å². The zero-order valence-corrected chi connectivity index (χ0v) is 16.5. The molecule has 3 heterocycles. The molecule has 0 unspecified atom stereocenters. The van der Waals surface area contributed by atoms with Gasteiger partial charge in [0.05, 0.1) is 16.3 Å². The van der Waals surface area contributed by atoms with Crippen LogP contribution >= 0.6 is 11.3 Å². The van der Waals surface area contributed by atoms with Crippen molar-refractivity contribution in [3.8, 4) is 0 Å². The lowest BCUT2D eigenvalue weighted by molar-refractivity contribution is 0.0645. The van der Waals surface area contributed by atoms with E-state index in [1.807, 2.05) is 22.4 Å². The molecule has 0 aliphatic carbocycles. The molecule has 0 radical (unpaired) electrons. The first-order chi connectivity index (χ1) is 12.4. The van der Waals surface area contributed by atoms with Gasteiger partial charge in [-0.05, 0) is 25.3 Å². The van der Waals surface area contributed by atoms with Crippen molar-refractivity contribution >= 4 is 27.3 Å². The molecule has 0 bridgehead atoms. The molecule has 10 heteroatoms. The lowest BCUT2D eigenvalue weighted by Crippen LogP contribution is -2.50. The lowest BCUT2D eigenvalue weighted by Gasteiger charge is -2.34. The van der Waals surface area contributed by atoms with E-state index in [0.717, 1.165) is 18.0 Å². The third kappa shape index (κ3) is 4.14. The van der Waals surface area contributed by atoms with Gasteiger partial charge in [0.25, 0.3) is 5.91 Å². The smallest absolute Gasteiger partial charge is 0.264 e. The van der Waals surface area contributed by atoms with E-state index in [0.29, 0.717) is 37.6 Å². The van der Waals surface area contributed by atoms with Crippen molar-refractivity contribution in [2.24, 2.45) is 0 Å². The normalized spacial score (nSPS) is 16.2. The molecular formula is C16H23N5O3S2. The zero-order valence-electron chi connectivity index (χ0n) is 14.9. The van der Waals surface area contributed by atoms with Crippen molar-refractivity contribution in [2.75, 3.05) is 39.3 Å². The molecular weight excluding hydrogens is 374 g/mol. The third-order valence-electron chi connectivity index (χ3n) is 4.44.